The van der Waals surface area contributed by atoms with E-state index in [2.05, 4.69) is 22.2 Å². The first-order valence-corrected chi connectivity index (χ1v) is 7.55. The Morgan fingerprint density at radius 3 is 2.40 bits per heavy atom. The summed E-state index contributed by atoms with van der Waals surface area (Å²) in [5, 5.41) is 5.85. The van der Waals surface area contributed by atoms with E-state index in [0.717, 1.165) is 0 Å². The van der Waals surface area contributed by atoms with Crippen molar-refractivity contribution < 1.29 is 19.0 Å². The van der Waals surface area contributed by atoms with Gasteiger partial charge in [-0.1, -0.05) is 6.08 Å². The molecule has 0 radical (unpaired) electrons. The van der Waals surface area contributed by atoms with Crippen LogP contribution in [0.4, 0.5) is 11.5 Å². The lowest BCUT2D eigenvalue weighted by molar-refractivity contribution is 0.102. The molecule has 0 bridgehead atoms. The maximum Gasteiger partial charge on any atom is 0.255 e. The smallest absolute Gasteiger partial charge is 0.255 e. The predicted octanol–water partition coefficient (Wildman–Crippen LogP) is 2.96. The number of amides is 1. The molecule has 7 nitrogen and oxygen atoms in total. The molecule has 0 aliphatic rings. The minimum atomic E-state index is -0.279. The molecular weight excluding hydrogens is 322 g/mol. The zero-order chi connectivity index (χ0) is 18.2. The molecule has 1 aromatic heterocycles. The van der Waals surface area contributed by atoms with Gasteiger partial charge in [-0.15, -0.1) is 6.58 Å². The van der Waals surface area contributed by atoms with Crippen molar-refractivity contribution in [1.82, 2.24) is 4.98 Å². The number of aromatic nitrogens is 1. The fourth-order valence-electron chi connectivity index (χ4n) is 2.20. The van der Waals surface area contributed by atoms with Crippen molar-refractivity contribution in [2.45, 2.75) is 0 Å². The molecule has 1 aromatic carbocycles. The number of rotatable bonds is 8. The van der Waals surface area contributed by atoms with Crippen LogP contribution in [0.3, 0.4) is 0 Å². The second-order valence-electron chi connectivity index (χ2n) is 4.97. The Morgan fingerprint density at radius 1 is 1.16 bits per heavy atom. The van der Waals surface area contributed by atoms with Crippen LogP contribution in [-0.2, 0) is 0 Å². The van der Waals surface area contributed by atoms with E-state index < -0.39 is 0 Å². The highest BCUT2D eigenvalue weighted by atomic mass is 16.5. The standard InChI is InChI=1S/C18H21N3O4/c1-5-7-19-16-9-12(6-8-20-16)18(22)21-13-10-14(23-2)17(25-4)15(11-13)24-3/h5-6,8-11H,1,7H2,2-4H3,(H,19,20)(H,21,22). The van der Waals surface area contributed by atoms with Crippen LogP contribution in [0.1, 0.15) is 10.4 Å². The number of nitrogens with zero attached hydrogens (tertiary/aromatic N) is 1. The summed E-state index contributed by atoms with van der Waals surface area (Å²) >= 11 is 0. The van der Waals surface area contributed by atoms with E-state index in [4.69, 9.17) is 14.2 Å². The molecule has 0 aliphatic heterocycles. The van der Waals surface area contributed by atoms with Crippen molar-refractivity contribution >= 4 is 17.4 Å². The molecule has 1 amide bonds. The van der Waals surface area contributed by atoms with Gasteiger partial charge in [0.25, 0.3) is 5.91 Å². The van der Waals surface area contributed by atoms with Gasteiger partial charge in [0.05, 0.1) is 21.3 Å². The van der Waals surface area contributed by atoms with Gasteiger partial charge in [-0.3, -0.25) is 4.79 Å². The molecule has 0 unspecified atom stereocenters. The van der Waals surface area contributed by atoms with Gasteiger partial charge in [0.1, 0.15) is 5.82 Å². The molecule has 0 aliphatic carbocycles. The van der Waals surface area contributed by atoms with E-state index in [0.29, 0.717) is 40.9 Å². The monoisotopic (exact) mass is 343 g/mol. The molecule has 2 aromatic rings. The Morgan fingerprint density at radius 2 is 1.84 bits per heavy atom. The molecule has 7 heteroatoms. The average molecular weight is 343 g/mol. The van der Waals surface area contributed by atoms with E-state index >= 15 is 0 Å². The fourth-order valence-corrected chi connectivity index (χ4v) is 2.20. The van der Waals surface area contributed by atoms with Crippen LogP contribution < -0.4 is 24.8 Å². The van der Waals surface area contributed by atoms with Crippen LogP contribution in [0.15, 0.2) is 43.1 Å². The molecule has 2 N–H and O–H groups in total. The van der Waals surface area contributed by atoms with Crippen molar-refractivity contribution in [3.8, 4) is 17.2 Å². The topological polar surface area (TPSA) is 81.7 Å². The third kappa shape index (κ3) is 4.41. The highest BCUT2D eigenvalue weighted by Gasteiger charge is 2.15. The summed E-state index contributed by atoms with van der Waals surface area (Å²) in [7, 11) is 4.56. The summed E-state index contributed by atoms with van der Waals surface area (Å²) in [5.74, 6) is 1.69. The average Bonchev–Trinajstić information content (AvgIpc) is 2.65. The quantitative estimate of drug-likeness (QED) is 0.717. The van der Waals surface area contributed by atoms with Gasteiger partial charge >= 0.3 is 0 Å². The third-order valence-corrected chi connectivity index (χ3v) is 3.37. The number of carbonyl (C=O) groups excluding carboxylic acids is 1. The molecule has 25 heavy (non-hydrogen) atoms. The minimum absolute atomic E-state index is 0.279. The number of methoxy groups -OCH3 is 3. The maximum absolute atomic E-state index is 12.5. The Hall–Kier alpha value is -3.22. The molecule has 0 saturated heterocycles. The van der Waals surface area contributed by atoms with E-state index in [1.54, 1.807) is 36.5 Å². The molecule has 0 fully saturated rings. The highest BCUT2D eigenvalue weighted by molar-refractivity contribution is 6.05. The SMILES string of the molecule is C=CCNc1cc(C(=O)Nc2cc(OC)c(OC)c(OC)c2)ccn1. The van der Waals surface area contributed by atoms with E-state index in [1.165, 1.54) is 21.3 Å². The van der Waals surface area contributed by atoms with E-state index in [9.17, 15) is 4.79 Å². The van der Waals surface area contributed by atoms with Crippen molar-refractivity contribution in [3.63, 3.8) is 0 Å². The van der Waals surface area contributed by atoms with Crippen LogP contribution in [0.5, 0.6) is 17.2 Å². The zero-order valence-corrected chi connectivity index (χ0v) is 14.5. The number of carbonyl (C=O) groups is 1. The first-order chi connectivity index (χ1) is 12.1. The van der Waals surface area contributed by atoms with Crippen molar-refractivity contribution in [3.05, 3.63) is 48.7 Å². The molecule has 0 spiro atoms. The largest absolute Gasteiger partial charge is 0.493 e. The summed E-state index contributed by atoms with van der Waals surface area (Å²) in [4.78, 5) is 16.6. The first-order valence-electron chi connectivity index (χ1n) is 7.55. The lowest BCUT2D eigenvalue weighted by atomic mass is 10.2. The molecule has 132 valence electrons. The molecule has 1 heterocycles. The zero-order valence-electron chi connectivity index (χ0n) is 14.5. The lowest BCUT2D eigenvalue weighted by Crippen LogP contribution is -2.13. The maximum atomic E-state index is 12.5. The van der Waals surface area contributed by atoms with E-state index in [-0.39, 0.29) is 5.91 Å². The summed E-state index contributed by atoms with van der Waals surface area (Å²) in [6.07, 6.45) is 3.28. The van der Waals surface area contributed by atoms with Gasteiger partial charge in [0.15, 0.2) is 11.5 Å². The Labute approximate surface area is 146 Å². The van der Waals surface area contributed by atoms with Crippen LogP contribution in [0.25, 0.3) is 0 Å². The number of anilines is 2. The summed E-state index contributed by atoms with van der Waals surface area (Å²) in [6, 6.07) is 6.62. The summed E-state index contributed by atoms with van der Waals surface area (Å²) in [5.41, 5.74) is 0.993. The van der Waals surface area contributed by atoms with Gasteiger partial charge in [-0.25, -0.2) is 4.98 Å². The predicted molar refractivity (Wildman–Crippen MR) is 97.0 cm³/mol. The second kappa shape index (κ2) is 8.58. The molecule has 2 rings (SSSR count). The van der Waals surface area contributed by atoms with Gasteiger partial charge in [-0.2, -0.15) is 0 Å². The van der Waals surface area contributed by atoms with Gasteiger partial charge in [0.2, 0.25) is 5.75 Å². The Balaban J connectivity index is 2.24. The molecule has 0 atom stereocenters. The summed E-state index contributed by atoms with van der Waals surface area (Å²) < 4.78 is 15.8. The Kier molecular flexibility index (Phi) is 6.22. The van der Waals surface area contributed by atoms with E-state index in [1.807, 2.05) is 0 Å². The van der Waals surface area contributed by atoms with Gasteiger partial charge in [-0.05, 0) is 12.1 Å². The lowest BCUT2D eigenvalue weighted by Gasteiger charge is -2.14. The molecule has 0 saturated carbocycles. The van der Waals surface area contributed by atoms with Crippen LogP contribution >= 0.6 is 0 Å². The minimum Gasteiger partial charge on any atom is -0.493 e. The van der Waals surface area contributed by atoms with Gasteiger partial charge < -0.3 is 24.8 Å². The number of benzene rings is 1. The van der Waals surface area contributed by atoms with Crippen molar-refractivity contribution in [1.29, 1.82) is 0 Å². The highest BCUT2D eigenvalue weighted by Crippen LogP contribution is 2.40. The summed E-state index contributed by atoms with van der Waals surface area (Å²) in [6.45, 7) is 4.19. The van der Waals surface area contributed by atoms with Gasteiger partial charge in [0, 0.05) is 36.1 Å². The Bertz CT molecular complexity index is 737. The van der Waals surface area contributed by atoms with Crippen molar-refractivity contribution in [2.75, 3.05) is 38.5 Å². The normalized spacial score (nSPS) is 9.88. The number of ether oxygens (including phenoxy) is 3. The number of hydrogen-bond donors (Lipinski definition) is 2. The number of nitrogens with one attached hydrogen (secondary N) is 2. The van der Waals surface area contributed by atoms with Crippen LogP contribution in [0.2, 0.25) is 0 Å². The second-order valence-corrected chi connectivity index (χ2v) is 4.97. The van der Waals surface area contributed by atoms with Crippen LogP contribution in [0, 0.1) is 0 Å². The third-order valence-electron chi connectivity index (χ3n) is 3.37. The number of hydrogen-bond acceptors (Lipinski definition) is 6. The molecular formula is C18H21N3O4. The van der Waals surface area contributed by atoms with Crippen LogP contribution in [-0.4, -0.2) is 38.8 Å². The first kappa shape index (κ1) is 18.1. The fraction of sp³-hybridized carbons (Fsp3) is 0.222. The number of pyridine rings is 1. The van der Waals surface area contributed by atoms with Crippen molar-refractivity contribution in [2.24, 2.45) is 0 Å².